The third-order valence-corrected chi connectivity index (χ3v) is 3.12. The Balaban J connectivity index is 2.09. The number of primary amides is 1. The number of hydrogen-bond acceptors (Lipinski definition) is 3. The van der Waals surface area contributed by atoms with E-state index in [-0.39, 0.29) is 11.8 Å². The fourth-order valence-electron chi connectivity index (χ4n) is 1.99. The largest absolute Gasteiger partial charge is 0.381 e. The third kappa shape index (κ3) is 3.11. The molecule has 1 fully saturated rings. The molecule has 0 aromatic heterocycles. The summed E-state index contributed by atoms with van der Waals surface area (Å²) in [7, 11) is 0. The zero-order valence-corrected chi connectivity index (χ0v) is 10.1. The van der Waals surface area contributed by atoms with Gasteiger partial charge in [-0.2, -0.15) is 0 Å². The first-order valence-electron chi connectivity index (χ1n) is 5.56. The molecule has 2 unspecified atom stereocenters. The van der Waals surface area contributed by atoms with Gasteiger partial charge in [0, 0.05) is 23.2 Å². The Morgan fingerprint density at radius 1 is 1.59 bits per heavy atom. The van der Waals surface area contributed by atoms with Crippen LogP contribution in [0.2, 0.25) is 5.02 Å². The molecule has 0 spiro atoms. The number of carbonyl (C=O) groups is 1. The highest BCUT2D eigenvalue weighted by molar-refractivity contribution is 6.30. The molecule has 1 aliphatic rings. The van der Waals surface area contributed by atoms with Crippen LogP contribution in [-0.2, 0) is 9.53 Å². The summed E-state index contributed by atoms with van der Waals surface area (Å²) in [6.07, 6.45) is 0.848. The number of nitrogens with one attached hydrogen (secondary N) is 1. The Bertz CT molecular complexity index is 405. The highest BCUT2D eigenvalue weighted by Crippen LogP contribution is 2.22. The molecule has 2 atom stereocenters. The smallest absolute Gasteiger partial charge is 0.240 e. The minimum atomic E-state index is -0.407. The topological polar surface area (TPSA) is 64.4 Å². The van der Waals surface area contributed by atoms with Gasteiger partial charge >= 0.3 is 0 Å². The van der Waals surface area contributed by atoms with Crippen molar-refractivity contribution in [2.45, 2.75) is 12.5 Å². The summed E-state index contributed by atoms with van der Waals surface area (Å²) >= 11 is 5.89. The van der Waals surface area contributed by atoms with E-state index in [1.807, 2.05) is 12.1 Å². The van der Waals surface area contributed by atoms with Crippen LogP contribution in [0.4, 0.5) is 5.69 Å². The molecule has 92 valence electrons. The number of ether oxygens (including phenoxy) is 1. The van der Waals surface area contributed by atoms with E-state index in [0.717, 1.165) is 12.1 Å². The van der Waals surface area contributed by atoms with E-state index in [9.17, 15) is 4.79 Å². The molecule has 4 nitrogen and oxygen atoms in total. The van der Waals surface area contributed by atoms with Crippen LogP contribution in [0.5, 0.6) is 0 Å². The number of anilines is 1. The van der Waals surface area contributed by atoms with Crippen LogP contribution in [0.1, 0.15) is 6.42 Å². The Kier molecular flexibility index (Phi) is 3.86. The second-order valence-corrected chi connectivity index (χ2v) is 4.59. The van der Waals surface area contributed by atoms with Crippen molar-refractivity contribution in [2.24, 2.45) is 11.7 Å². The highest BCUT2D eigenvalue weighted by atomic mass is 35.5. The molecule has 1 amide bonds. The van der Waals surface area contributed by atoms with Gasteiger partial charge in [0.15, 0.2) is 0 Å². The molecular formula is C12H15ClN2O2. The van der Waals surface area contributed by atoms with Crippen molar-refractivity contribution in [3.63, 3.8) is 0 Å². The van der Waals surface area contributed by atoms with Crippen LogP contribution in [0.15, 0.2) is 24.3 Å². The Labute approximate surface area is 105 Å². The lowest BCUT2D eigenvalue weighted by molar-refractivity contribution is -0.119. The van der Waals surface area contributed by atoms with Gasteiger partial charge in [-0.1, -0.05) is 17.7 Å². The van der Waals surface area contributed by atoms with Gasteiger partial charge in [0.25, 0.3) is 0 Å². The molecule has 5 heteroatoms. The lowest BCUT2D eigenvalue weighted by Gasteiger charge is -2.21. The van der Waals surface area contributed by atoms with Gasteiger partial charge in [-0.25, -0.2) is 0 Å². The van der Waals surface area contributed by atoms with Crippen molar-refractivity contribution in [3.8, 4) is 0 Å². The Morgan fingerprint density at radius 3 is 3.00 bits per heavy atom. The van der Waals surface area contributed by atoms with E-state index in [4.69, 9.17) is 22.1 Å². The fraction of sp³-hybridized carbons (Fsp3) is 0.417. The number of amides is 1. The van der Waals surface area contributed by atoms with Gasteiger partial charge < -0.3 is 15.8 Å². The third-order valence-electron chi connectivity index (χ3n) is 2.89. The van der Waals surface area contributed by atoms with Gasteiger partial charge in [-0.3, -0.25) is 4.79 Å². The number of halogens is 1. The predicted molar refractivity (Wildman–Crippen MR) is 67.0 cm³/mol. The number of rotatable bonds is 4. The van der Waals surface area contributed by atoms with Crippen LogP contribution in [0.25, 0.3) is 0 Å². The lowest BCUT2D eigenvalue weighted by atomic mass is 9.98. The molecular weight excluding hydrogens is 240 g/mol. The summed E-state index contributed by atoms with van der Waals surface area (Å²) in [5.74, 6) is -0.230. The number of hydrogen-bond donors (Lipinski definition) is 2. The van der Waals surface area contributed by atoms with Gasteiger partial charge in [-0.15, -0.1) is 0 Å². The molecule has 1 aliphatic heterocycles. The zero-order valence-electron chi connectivity index (χ0n) is 9.36. The van der Waals surface area contributed by atoms with Gasteiger partial charge in [0.2, 0.25) is 5.91 Å². The first-order chi connectivity index (χ1) is 8.16. The quantitative estimate of drug-likeness (QED) is 0.859. The molecule has 3 N–H and O–H groups in total. The molecule has 1 saturated heterocycles. The van der Waals surface area contributed by atoms with Crippen LogP contribution in [0, 0.1) is 5.92 Å². The number of carbonyl (C=O) groups excluding carboxylic acids is 1. The molecule has 1 aromatic carbocycles. The Morgan fingerprint density at radius 2 is 2.41 bits per heavy atom. The van der Waals surface area contributed by atoms with Gasteiger partial charge in [0.05, 0.1) is 6.61 Å². The second-order valence-electron chi connectivity index (χ2n) is 4.16. The maximum atomic E-state index is 11.4. The highest BCUT2D eigenvalue weighted by Gasteiger charge is 2.29. The minimum Gasteiger partial charge on any atom is -0.381 e. The first-order valence-corrected chi connectivity index (χ1v) is 5.94. The normalized spacial score (nSPS) is 21.1. The molecule has 0 radical (unpaired) electrons. The molecule has 2 rings (SSSR count). The Hall–Kier alpha value is -1.26. The lowest BCUT2D eigenvalue weighted by Crippen LogP contribution is -2.41. The fourth-order valence-corrected chi connectivity index (χ4v) is 2.19. The van der Waals surface area contributed by atoms with E-state index in [1.165, 1.54) is 0 Å². The standard InChI is InChI=1S/C12H15ClN2O2/c13-9-2-1-3-10(6-9)15-11(12(14)16)8-4-5-17-7-8/h1-3,6,8,11,15H,4-5,7H2,(H2,14,16). The summed E-state index contributed by atoms with van der Waals surface area (Å²) in [4.78, 5) is 11.4. The minimum absolute atomic E-state index is 0.131. The average Bonchev–Trinajstić information content (AvgIpc) is 2.78. The summed E-state index contributed by atoms with van der Waals surface area (Å²) in [6.45, 7) is 1.26. The molecule has 1 heterocycles. The molecule has 0 aliphatic carbocycles. The van der Waals surface area contributed by atoms with E-state index < -0.39 is 6.04 Å². The van der Waals surface area contributed by atoms with E-state index in [0.29, 0.717) is 18.2 Å². The molecule has 1 aromatic rings. The monoisotopic (exact) mass is 254 g/mol. The van der Waals surface area contributed by atoms with Gasteiger partial charge in [0.1, 0.15) is 6.04 Å². The van der Waals surface area contributed by atoms with Crippen molar-refractivity contribution in [3.05, 3.63) is 29.3 Å². The SMILES string of the molecule is NC(=O)C(Nc1cccc(Cl)c1)C1CCOC1. The average molecular weight is 255 g/mol. The number of benzene rings is 1. The van der Waals surface area contributed by atoms with E-state index >= 15 is 0 Å². The first kappa shape index (κ1) is 12.2. The number of nitrogens with two attached hydrogens (primary N) is 1. The summed E-state index contributed by atoms with van der Waals surface area (Å²) in [6, 6.07) is 6.83. The van der Waals surface area contributed by atoms with Gasteiger partial charge in [-0.05, 0) is 24.6 Å². The molecule has 0 bridgehead atoms. The van der Waals surface area contributed by atoms with Crippen LogP contribution in [-0.4, -0.2) is 25.2 Å². The summed E-state index contributed by atoms with van der Waals surface area (Å²) < 4.78 is 5.28. The van der Waals surface area contributed by atoms with Crippen molar-refractivity contribution >= 4 is 23.2 Å². The van der Waals surface area contributed by atoms with Crippen molar-refractivity contribution < 1.29 is 9.53 Å². The second kappa shape index (κ2) is 5.38. The zero-order chi connectivity index (χ0) is 12.3. The molecule has 17 heavy (non-hydrogen) atoms. The van der Waals surface area contributed by atoms with E-state index in [2.05, 4.69) is 5.32 Å². The molecule has 0 saturated carbocycles. The summed E-state index contributed by atoms with van der Waals surface area (Å²) in [5, 5.41) is 3.75. The van der Waals surface area contributed by atoms with Crippen molar-refractivity contribution in [2.75, 3.05) is 18.5 Å². The van der Waals surface area contributed by atoms with E-state index in [1.54, 1.807) is 12.1 Å². The summed E-state index contributed by atoms with van der Waals surface area (Å²) in [5.41, 5.74) is 6.21. The van der Waals surface area contributed by atoms with Crippen LogP contribution < -0.4 is 11.1 Å². The van der Waals surface area contributed by atoms with Crippen LogP contribution >= 0.6 is 11.6 Å². The maximum Gasteiger partial charge on any atom is 0.240 e. The maximum absolute atomic E-state index is 11.4. The van der Waals surface area contributed by atoms with Crippen molar-refractivity contribution in [1.82, 2.24) is 0 Å². The van der Waals surface area contributed by atoms with Crippen LogP contribution in [0.3, 0.4) is 0 Å². The van der Waals surface area contributed by atoms with Crippen molar-refractivity contribution in [1.29, 1.82) is 0 Å². The predicted octanol–water partition coefficient (Wildman–Crippen LogP) is 1.64.